The van der Waals surface area contributed by atoms with Gasteiger partial charge in [-0.05, 0) is 11.8 Å². The van der Waals surface area contributed by atoms with Crippen LogP contribution in [0.3, 0.4) is 0 Å². The fourth-order valence-corrected chi connectivity index (χ4v) is 2.78. The molecule has 0 saturated heterocycles. The Hall–Kier alpha value is -0.630. The molecule has 1 aliphatic carbocycles. The molecule has 0 spiro atoms. The van der Waals surface area contributed by atoms with Crippen LogP contribution in [0.25, 0.3) is 0 Å². The van der Waals surface area contributed by atoms with Gasteiger partial charge in [0.15, 0.2) is 0 Å². The fourth-order valence-electron chi connectivity index (χ4n) is 2.28. The summed E-state index contributed by atoms with van der Waals surface area (Å²) in [6.45, 7) is 14.1. The SMILES string of the molecule is C=C1C(=S)C(C(C)(C)C)=C1N(C)CCCCC. The quantitative estimate of drug-likeness (QED) is 0.406. The molecule has 0 bridgehead atoms. The summed E-state index contributed by atoms with van der Waals surface area (Å²) in [5, 5.41) is 0. The lowest BCUT2D eigenvalue weighted by Crippen LogP contribution is -2.37. The summed E-state index contributed by atoms with van der Waals surface area (Å²) in [4.78, 5) is 3.31. The third-order valence-corrected chi connectivity index (χ3v) is 3.70. The second-order valence-electron chi connectivity index (χ2n) is 5.91. The molecule has 0 fully saturated rings. The normalized spacial score (nSPS) is 16.3. The van der Waals surface area contributed by atoms with Crippen LogP contribution < -0.4 is 0 Å². The van der Waals surface area contributed by atoms with Crippen molar-refractivity contribution in [1.82, 2.24) is 4.90 Å². The Labute approximate surface area is 112 Å². The molecule has 2 heteroatoms. The molecule has 1 nitrogen and oxygen atoms in total. The molecule has 0 aromatic heterocycles. The van der Waals surface area contributed by atoms with Crippen molar-refractivity contribution in [2.75, 3.05) is 13.6 Å². The van der Waals surface area contributed by atoms with Crippen molar-refractivity contribution in [1.29, 1.82) is 0 Å². The Morgan fingerprint density at radius 3 is 2.29 bits per heavy atom. The zero-order valence-electron chi connectivity index (χ0n) is 11.9. The Kier molecular flexibility index (Phi) is 4.54. The van der Waals surface area contributed by atoms with Gasteiger partial charge in [-0.25, -0.2) is 0 Å². The van der Waals surface area contributed by atoms with Crippen LogP contribution in [-0.2, 0) is 0 Å². The lowest BCUT2D eigenvalue weighted by molar-refractivity contribution is 0.386. The number of hydrogen-bond donors (Lipinski definition) is 0. The predicted molar refractivity (Wildman–Crippen MR) is 80.4 cm³/mol. The Morgan fingerprint density at radius 1 is 1.24 bits per heavy atom. The Bertz CT molecular complexity index is 358. The second kappa shape index (κ2) is 5.34. The minimum absolute atomic E-state index is 0.132. The zero-order valence-corrected chi connectivity index (χ0v) is 12.7. The summed E-state index contributed by atoms with van der Waals surface area (Å²) >= 11 is 5.42. The van der Waals surface area contributed by atoms with Crippen molar-refractivity contribution >= 4 is 17.1 Å². The standard InChI is InChI=1S/C15H25NS/c1-7-8-9-10-16(6)13-11(2)14(17)12(13)15(3,4)5/h2,7-10H2,1,3-6H3. The maximum atomic E-state index is 5.42. The molecule has 1 aliphatic rings. The number of likely N-dealkylation sites (N-methyl/N-ethyl adjacent to an activating group) is 1. The summed E-state index contributed by atoms with van der Waals surface area (Å²) in [5.74, 6) is 0. The van der Waals surface area contributed by atoms with Gasteiger partial charge in [-0.1, -0.05) is 59.3 Å². The van der Waals surface area contributed by atoms with Crippen LogP contribution in [0.2, 0.25) is 0 Å². The number of rotatable bonds is 5. The maximum Gasteiger partial charge on any atom is 0.0522 e. The van der Waals surface area contributed by atoms with E-state index in [1.807, 2.05) is 0 Å². The molecule has 0 aromatic carbocycles. The van der Waals surface area contributed by atoms with Crippen molar-refractivity contribution in [2.45, 2.75) is 47.0 Å². The molecule has 0 aromatic rings. The van der Waals surface area contributed by atoms with Crippen LogP contribution in [0.4, 0.5) is 0 Å². The monoisotopic (exact) mass is 251 g/mol. The molecule has 0 N–H and O–H groups in total. The van der Waals surface area contributed by atoms with Crippen LogP contribution in [0, 0.1) is 5.41 Å². The molecule has 0 saturated carbocycles. The number of nitrogens with zero attached hydrogens (tertiary/aromatic N) is 1. The van der Waals surface area contributed by atoms with Gasteiger partial charge in [0.25, 0.3) is 0 Å². The largest absolute Gasteiger partial charge is 0.374 e. The highest BCUT2D eigenvalue weighted by atomic mass is 32.1. The van der Waals surface area contributed by atoms with E-state index >= 15 is 0 Å². The third-order valence-electron chi connectivity index (χ3n) is 3.25. The first-order valence-electron chi connectivity index (χ1n) is 6.50. The molecular weight excluding hydrogens is 226 g/mol. The molecule has 0 aliphatic heterocycles. The highest BCUT2D eigenvalue weighted by Crippen LogP contribution is 2.43. The van der Waals surface area contributed by atoms with Crippen molar-refractivity contribution in [3.63, 3.8) is 0 Å². The van der Waals surface area contributed by atoms with Crippen LogP contribution in [0.5, 0.6) is 0 Å². The summed E-state index contributed by atoms with van der Waals surface area (Å²) < 4.78 is 0. The molecule has 0 radical (unpaired) electrons. The van der Waals surface area contributed by atoms with Gasteiger partial charge in [0.05, 0.1) is 4.86 Å². The lowest BCUT2D eigenvalue weighted by atomic mass is 9.73. The summed E-state index contributed by atoms with van der Waals surface area (Å²) in [7, 11) is 2.16. The first-order chi connectivity index (χ1) is 7.80. The van der Waals surface area contributed by atoms with Gasteiger partial charge in [0.2, 0.25) is 0 Å². The first-order valence-corrected chi connectivity index (χ1v) is 6.91. The molecule has 0 heterocycles. The smallest absolute Gasteiger partial charge is 0.0522 e. The van der Waals surface area contributed by atoms with Gasteiger partial charge < -0.3 is 4.90 Å². The highest BCUT2D eigenvalue weighted by molar-refractivity contribution is 7.81. The number of unbranched alkanes of at least 4 members (excludes halogenated alkanes) is 2. The van der Waals surface area contributed by atoms with Crippen LogP contribution in [0.1, 0.15) is 47.0 Å². The van der Waals surface area contributed by atoms with E-state index < -0.39 is 0 Å². The Balaban J connectivity index is 2.83. The summed E-state index contributed by atoms with van der Waals surface area (Å²) in [6, 6.07) is 0. The highest BCUT2D eigenvalue weighted by Gasteiger charge is 2.37. The van der Waals surface area contributed by atoms with Crippen LogP contribution in [0.15, 0.2) is 23.4 Å². The molecule has 0 amide bonds. The van der Waals surface area contributed by atoms with Gasteiger partial charge >= 0.3 is 0 Å². The van der Waals surface area contributed by atoms with Crippen molar-refractivity contribution < 1.29 is 0 Å². The molecule has 0 unspecified atom stereocenters. The lowest BCUT2D eigenvalue weighted by Gasteiger charge is -2.41. The van der Waals surface area contributed by atoms with E-state index in [0.717, 1.165) is 17.0 Å². The van der Waals surface area contributed by atoms with Crippen molar-refractivity contribution in [2.24, 2.45) is 5.41 Å². The van der Waals surface area contributed by atoms with Gasteiger partial charge in [0, 0.05) is 30.4 Å². The molecular formula is C15H25NS. The summed E-state index contributed by atoms with van der Waals surface area (Å²) in [5.41, 5.74) is 3.80. The van der Waals surface area contributed by atoms with E-state index in [-0.39, 0.29) is 5.41 Å². The van der Waals surface area contributed by atoms with Gasteiger partial charge in [-0.2, -0.15) is 0 Å². The van der Waals surface area contributed by atoms with E-state index in [0.29, 0.717) is 0 Å². The van der Waals surface area contributed by atoms with E-state index in [1.54, 1.807) is 0 Å². The molecule has 96 valence electrons. The van der Waals surface area contributed by atoms with Crippen LogP contribution in [-0.4, -0.2) is 23.4 Å². The average molecular weight is 251 g/mol. The van der Waals surface area contributed by atoms with E-state index in [1.165, 1.54) is 30.5 Å². The molecule has 1 rings (SSSR count). The zero-order chi connectivity index (χ0) is 13.2. The predicted octanol–water partition coefficient (Wildman–Crippen LogP) is 4.35. The molecule has 17 heavy (non-hydrogen) atoms. The number of thiocarbonyl (C=S) groups is 1. The second-order valence-corrected chi connectivity index (χ2v) is 6.32. The van der Waals surface area contributed by atoms with Crippen molar-refractivity contribution in [3.8, 4) is 0 Å². The maximum absolute atomic E-state index is 5.42. The van der Waals surface area contributed by atoms with Gasteiger partial charge in [-0.15, -0.1) is 0 Å². The number of hydrogen-bond acceptors (Lipinski definition) is 2. The van der Waals surface area contributed by atoms with Crippen molar-refractivity contribution in [3.05, 3.63) is 23.4 Å². The van der Waals surface area contributed by atoms with E-state index in [2.05, 4.69) is 46.2 Å². The Morgan fingerprint density at radius 2 is 1.82 bits per heavy atom. The summed E-state index contributed by atoms with van der Waals surface area (Å²) in [6.07, 6.45) is 3.80. The third kappa shape index (κ3) is 2.98. The van der Waals surface area contributed by atoms with Gasteiger partial charge in [0.1, 0.15) is 0 Å². The average Bonchev–Trinajstić information content (AvgIpc) is 2.22. The van der Waals surface area contributed by atoms with Gasteiger partial charge in [-0.3, -0.25) is 0 Å². The minimum atomic E-state index is 0.132. The molecule has 0 atom stereocenters. The minimum Gasteiger partial charge on any atom is -0.374 e. The first kappa shape index (κ1) is 14.4. The number of allylic oxidation sites excluding steroid dienone is 2. The fraction of sp³-hybridized carbons (Fsp3) is 0.667. The van der Waals surface area contributed by atoms with E-state index in [9.17, 15) is 0 Å². The van der Waals surface area contributed by atoms with E-state index in [4.69, 9.17) is 12.2 Å². The van der Waals surface area contributed by atoms with Crippen LogP contribution >= 0.6 is 12.2 Å². The topological polar surface area (TPSA) is 3.24 Å².